The summed E-state index contributed by atoms with van der Waals surface area (Å²) < 4.78 is 5.43. The molecule has 3 heteroatoms. The zero-order chi connectivity index (χ0) is 13.0. The van der Waals surface area contributed by atoms with Crippen molar-refractivity contribution in [3.05, 3.63) is 54.1 Å². The number of aliphatic carboxylic acids is 1. The molecule has 1 atom stereocenters. The van der Waals surface area contributed by atoms with Gasteiger partial charge in [-0.25, -0.2) is 0 Å². The van der Waals surface area contributed by atoms with Crippen molar-refractivity contribution in [2.24, 2.45) is 0 Å². The number of hydrogen-bond acceptors (Lipinski definition) is 2. The Morgan fingerprint density at radius 2 is 2.11 bits per heavy atom. The Labute approximate surface area is 106 Å². The highest BCUT2D eigenvalue weighted by Gasteiger charge is 2.32. The number of methoxy groups -OCH3 is 1. The normalized spacial score (nSPS) is 22.6. The van der Waals surface area contributed by atoms with Crippen LogP contribution in [0.2, 0.25) is 0 Å². The lowest BCUT2D eigenvalue weighted by Gasteiger charge is -2.31. The van der Waals surface area contributed by atoms with Gasteiger partial charge >= 0.3 is 5.97 Å². The van der Waals surface area contributed by atoms with Crippen LogP contribution in [0, 0.1) is 0 Å². The minimum absolute atomic E-state index is 0.0236. The minimum Gasteiger partial charge on any atom is -0.481 e. The molecule has 0 saturated carbocycles. The van der Waals surface area contributed by atoms with Crippen molar-refractivity contribution in [3.8, 4) is 0 Å². The van der Waals surface area contributed by atoms with Gasteiger partial charge in [0.1, 0.15) is 5.60 Å². The lowest BCUT2D eigenvalue weighted by molar-refractivity contribution is -0.141. The molecule has 0 bridgehead atoms. The number of carboxylic acids is 1. The fourth-order valence-electron chi connectivity index (χ4n) is 2.22. The average Bonchev–Trinajstić information content (AvgIpc) is 2.39. The largest absolute Gasteiger partial charge is 0.481 e. The number of allylic oxidation sites excluding steroid dienone is 2. The fourth-order valence-corrected chi connectivity index (χ4v) is 2.22. The predicted molar refractivity (Wildman–Crippen MR) is 70.2 cm³/mol. The van der Waals surface area contributed by atoms with Crippen LogP contribution in [0.1, 0.15) is 18.4 Å². The average molecular weight is 244 g/mol. The van der Waals surface area contributed by atoms with Gasteiger partial charge in [-0.3, -0.25) is 4.79 Å². The zero-order valence-electron chi connectivity index (χ0n) is 10.3. The molecule has 0 spiro atoms. The van der Waals surface area contributed by atoms with E-state index < -0.39 is 11.6 Å². The second-order valence-electron chi connectivity index (χ2n) is 4.43. The maximum atomic E-state index is 10.9. The molecular formula is C15H16O3. The van der Waals surface area contributed by atoms with Gasteiger partial charge in [0.2, 0.25) is 0 Å². The molecule has 0 fully saturated rings. The maximum Gasteiger partial charge on any atom is 0.306 e. The number of benzene rings is 1. The van der Waals surface area contributed by atoms with Gasteiger partial charge in [-0.05, 0) is 11.1 Å². The van der Waals surface area contributed by atoms with Gasteiger partial charge in [-0.15, -0.1) is 0 Å². The summed E-state index contributed by atoms with van der Waals surface area (Å²) >= 11 is 0. The van der Waals surface area contributed by atoms with Crippen LogP contribution in [-0.2, 0) is 9.53 Å². The molecular weight excluding hydrogens is 228 g/mol. The molecule has 2 rings (SSSR count). The molecule has 18 heavy (non-hydrogen) atoms. The summed E-state index contributed by atoms with van der Waals surface area (Å²) in [6, 6.07) is 9.95. The van der Waals surface area contributed by atoms with E-state index in [1.54, 1.807) is 7.11 Å². The first-order valence-corrected chi connectivity index (χ1v) is 5.86. The minimum atomic E-state index is -0.851. The third-order valence-corrected chi connectivity index (χ3v) is 3.19. The highest BCUT2D eigenvalue weighted by molar-refractivity contribution is 5.73. The van der Waals surface area contributed by atoms with Crippen LogP contribution in [0.4, 0.5) is 0 Å². The predicted octanol–water partition coefficient (Wildman–Crippen LogP) is 2.89. The summed E-state index contributed by atoms with van der Waals surface area (Å²) in [5, 5.41) is 8.99. The molecule has 0 amide bonds. The van der Waals surface area contributed by atoms with E-state index in [2.05, 4.69) is 0 Å². The Hall–Kier alpha value is -1.87. The summed E-state index contributed by atoms with van der Waals surface area (Å²) in [5.41, 5.74) is 1.47. The van der Waals surface area contributed by atoms with Gasteiger partial charge in [0.15, 0.2) is 0 Å². The van der Waals surface area contributed by atoms with E-state index in [1.165, 1.54) is 0 Å². The maximum absolute atomic E-state index is 10.9. The van der Waals surface area contributed by atoms with Crippen LogP contribution in [0.3, 0.4) is 0 Å². The number of ether oxygens (including phenoxy) is 1. The number of carboxylic acid groups (broad SMARTS) is 1. The van der Waals surface area contributed by atoms with Gasteiger partial charge in [0.05, 0.1) is 6.42 Å². The van der Waals surface area contributed by atoms with Crippen LogP contribution in [0.5, 0.6) is 0 Å². The Kier molecular flexibility index (Phi) is 3.63. The van der Waals surface area contributed by atoms with E-state index >= 15 is 0 Å². The molecule has 94 valence electrons. The fraction of sp³-hybridized carbons (Fsp3) is 0.267. The van der Waals surface area contributed by atoms with E-state index in [0.29, 0.717) is 6.42 Å². The molecule has 0 heterocycles. The summed E-state index contributed by atoms with van der Waals surface area (Å²) in [6.07, 6.45) is 6.26. The van der Waals surface area contributed by atoms with Crippen molar-refractivity contribution >= 4 is 11.5 Å². The van der Waals surface area contributed by atoms with Crippen molar-refractivity contribution in [3.63, 3.8) is 0 Å². The monoisotopic (exact) mass is 244 g/mol. The van der Waals surface area contributed by atoms with Crippen LogP contribution in [0.25, 0.3) is 5.57 Å². The molecule has 1 aromatic rings. The second-order valence-corrected chi connectivity index (χ2v) is 4.43. The van der Waals surface area contributed by atoms with E-state index in [-0.39, 0.29) is 6.42 Å². The quantitative estimate of drug-likeness (QED) is 0.885. The van der Waals surface area contributed by atoms with Gasteiger partial charge in [0, 0.05) is 13.5 Å². The standard InChI is InChI=1S/C15H16O3/c1-18-15(11-14(16)17)9-5-8-13(10-15)12-6-3-2-4-7-12/h2-9H,10-11H2,1H3,(H,16,17). The summed E-state index contributed by atoms with van der Waals surface area (Å²) in [5.74, 6) is -0.851. The van der Waals surface area contributed by atoms with Crippen molar-refractivity contribution in [1.82, 2.24) is 0 Å². The second kappa shape index (κ2) is 5.19. The first kappa shape index (κ1) is 12.6. The zero-order valence-corrected chi connectivity index (χ0v) is 10.3. The molecule has 3 nitrogen and oxygen atoms in total. The van der Waals surface area contributed by atoms with Gasteiger partial charge in [-0.2, -0.15) is 0 Å². The lowest BCUT2D eigenvalue weighted by Crippen LogP contribution is -2.33. The van der Waals surface area contributed by atoms with Crippen molar-refractivity contribution in [2.45, 2.75) is 18.4 Å². The highest BCUT2D eigenvalue weighted by Crippen LogP contribution is 2.34. The van der Waals surface area contributed by atoms with E-state index in [4.69, 9.17) is 9.84 Å². The van der Waals surface area contributed by atoms with Gasteiger partial charge in [-0.1, -0.05) is 48.6 Å². The van der Waals surface area contributed by atoms with E-state index in [9.17, 15) is 4.79 Å². The smallest absolute Gasteiger partial charge is 0.306 e. The van der Waals surface area contributed by atoms with Crippen molar-refractivity contribution in [2.75, 3.05) is 7.11 Å². The molecule has 1 N–H and O–H groups in total. The first-order chi connectivity index (χ1) is 8.65. The van der Waals surface area contributed by atoms with Gasteiger partial charge in [0.25, 0.3) is 0 Å². The molecule has 0 aromatic heterocycles. The molecule has 1 aliphatic rings. The van der Waals surface area contributed by atoms with Gasteiger partial charge < -0.3 is 9.84 Å². The summed E-state index contributed by atoms with van der Waals surface area (Å²) in [6.45, 7) is 0. The van der Waals surface area contributed by atoms with Crippen LogP contribution >= 0.6 is 0 Å². The van der Waals surface area contributed by atoms with Crippen LogP contribution in [-0.4, -0.2) is 23.8 Å². The van der Waals surface area contributed by atoms with Crippen molar-refractivity contribution < 1.29 is 14.6 Å². The number of rotatable bonds is 4. The van der Waals surface area contributed by atoms with Crippen LogP contribution < -0.4 is 0 Å². The van der Waals surface area contributed by atoms with Crippen LogP contribution in [0.15, 0.2) is 48.6 Å². The topological polar surface area (TPSA) is 46.5 Å². The van der Waals surface area contributed by atoms with E-state index in [1.807, 2.05) is 48.6 Å². The molecule has 0 radical (unpaired) electrons. The Balaban J connectivity index is 2.25. The highest BCUT2D eigenvalue weighted by atomic mass is 16.5. The number of hydrogen-bond donors (Lipinski definition) is 1. The Morgan fingerprint density at radius 3 is 2.72 bits per heavy atom. The molecule has 0 saturated heterocycles. The molecule has 1 aliphatic carbocycles. The van der Waals surface area contributed by atoms with E-state index in [0.717, 1.165) is 11.1 Å². The summed E-state index contributed by atoms with van der Waals surface area (Å²) in [4.78, 5) is 10.9. The first-order valence-electron chi connectivity index (χ1n) is 5.86. The molecule has 1 aromatic carbocycles. The third kappa shape index (κ3) is 2.68. The SMILES string of the molecule is COC1(CC(=O)O)C=CC=C(c2ccccc2)C1. The Morgan fingerprint density at radius 1 is 1.39 bits per heavy atom. The lowest BCUT2D eigenvalue weighted by atomic mass is 9.84. The molecule has 0 aliphatic heterocycles. The summed E-state index contributed by atoms with van der Waals surface area (Å²) in [7, 11) is 1.56. The molecule has 1 unspecified atom stereocenters. The van der Waals surface area contributed by atoms with Crippen molar-refractivity contribution in [1.29, 1.82) is 0 Å². The Bertz CT molecular complexity index is 488. The third-order valence-electron chi connectivity index (χ3n) is 3.19. The number of carbonyl (C=O) groups is 1.